The van der Waals surface area contributed by atoms with Crippen LogP contribution in [0.5, 0.6) is 0 Å². The number of hydrogen-bond acceptors (Lipinski definition) is 3. The molecule has 4 nitrogen and oxygen atoms in total. The molecule has 0 aliphatic rings. The summed E-state index contributed by atoms with van der Waals surface area (Å²) in [5.41, 5.74) is 6.41. The van der Waals surface area contributed by atoms with Gasteiger partial charge in [0.15, 0.2) is 0 Å². The molecule has 18 heavy (non-hydrogen) atoms. The summed E-state index contributed by atoms with van der Waals surface area (Å²) in [7, 11) is 0. The van der Waals surface area contributed by atoms with E-state index in [1.54, 1.807) is 0 Å². The van der Waals surface area contributed by atoms with E-state index in [-0.39, 0.29) is 12.5 Å². The largest absolute Gasteiger partial charge is 0.397 e. The van der Waals surface area contributed by atoms with Gasteiger partial charge in [-0.2, -0.15) is 0 Å². The molecular weight excluding hydrogens is 275 g/mol. The first-order valence-corrected chi connectivity index (χ1v) is 6.28. The zero-order valence-electron chi connectivity index (χ0n) is 10.3. The predicted octanol–water partition coefficient (Wildman–Crippen LogP) is 3.19. The highest BCUT2D eigenvalue weighted by molar-refractivity contribution is 6.37. The van der Waals surface area contributed by atoms with Crippen LogP contribution in [-0.2, 0) is 9.53 Å². The lowest BCUT2D eigenvalue weighted by Crippen LogP contribution is -2.20. The fourth-order valence-corrected chi connectivity index (χ4v) is 1.84. The smallest absolute Gasteiger partial charge is 0.250 e. The molecule has 1 rings (SSSR count). The van der Waals surface area contributed by atoms with Crippen LogP contribution in [0.4, 0.5) is 11.4 Å². The molecule has 0 aliphatic heterocycles. The highest BCUT2D eigenvalue weighted by atomic mass is 35.5. The molecule has 0 heterocycles. The molecule has 0 bridgehead atoms. The number of nitrogen functional groups attached to an aromatic ring is 1. The Morgan fingerprint density at radius 1 is 1.44 bits per heavy atom. The van der Waals surface area contributed by atoms with E-state index in [0.29, 0.717) is 33.9 Å². The third kappa shape index (κ3) is 4.72. The molecule has 0 saturated heterocycles. The van der Waals surface area contributed by atoms with Crippen molar-refractivity contribution in [3.63, 3.8) is 0 Å². The number of nitrogens with one attached hydrogen (secondary N) is 1. The summed E-state index contributed by atoms with van der Waals surface area (Å²) < 4.78 is 5.21. The Kier molecular flexibility index (Phi) is 5.72. The van der Waals surface area contributed by atoms with Crippen molar-refractivity contribution in [2.24, 2.45) is 5.92 Å². The van der Waals surface area contributed by atoms with Crippen molar-refractivity contribution >= 4 is 40.5 Å². The second-order valence-electron chi connectivity index (χ2n) is 4.31. The molecule has 100 valence electrons. The minimum Gasteiger partial charge on any atom is -0.397 e. The van der Waals surface area contributed by atoms with Gasteiger partial charge in [0.1, 0.15) is 6.61 Å². The number of anilines is 2. The number of benzene rings is 1. The summed E-state index contributed by atoms with van der Waals surface area (Å²) in [6.07, 6.45) is 0. The highest BCUT2D eigenvalue weighted by Crippen LogP contribution is 2.31. The van der Waals surface area contributed by atoms with E-state index in [0.717, 1.165) is 0 Å². The maximum Gasteiger partial charge on any atom is 0.250 e. The number of nitrogens with two attached hydrogens (primary N) is 1. The Hall–Kier alpha value is -0.970. The topological polar surface area (TPSA) is 64.3 Å². The Labute approximate surface area is 116 Å². The van der Waals surface area contributed by atoms with E-state index in [1.165, 1.54) is 12.1 Å². The quantitative estimate of drug-likeness (QED) is 0.819. The molecule has 1 aromatic rings. The van der Waals surface area contributed by atoms with Crippen LogP contribution in [0, 0.1) is 5.92 Å². The number of amides is 1. The van der Waals surface area contributed by atoms with Crippen LogP contribution < -0.4 is 11.1 Å². The third-order valence-electron chi connectivity index (χ3n) is 2.03. The number of rotatable bonds is 5. The van der Waals surface area contributed by atoms with Crippen LogP contribution >= 0.6 is 23.2 Å². The van der Waals surface area contributed by atoms with E-state index >= 15 is 0 Å². The molecule has 0 atom stereocenters. The second kappa shape index (κ2) is 6.83. The Bertz CT molecular complexity index is 413. The van der Waals surface area contributed by atoms with Crippen LogP contribution in [0.1, 0.15) is 13.8 Å². The van der Waals surface area contributed by atoms with Crippen molar-refractivity contribution in [2.45, 2.75) is 13.8 Å². The Balaban J connectivity index is 2.59. The van der Waals surface area contributed by atoms with Gasteiger partial charge < -0.3 is 15.8 Å². The lowest BCUT2D eigenvalue weighted by atomic mass is 10.2. The van der Waals surface area contributed by atoms with Crippen LogP contribution in [-0.4, -0.2) is 19.1 Å². The van der Waals surface area contributed by atoms with Gasteiger partial charge in [-0.25, -0.2) is 0 Å². The normalized spacial score (nSPS) is 10.7. The van der Waals surface area contributed by atoms with Crippen LogP contribution in [0.15, 0.2) is 12.1 Å². The molecule has 1 aromatic carbocycles. The van der Waals surface area contributed by atoms with Crippen LogP contribution in [0.25, 0.3) is 0 Å². The van der Waals surface area contributed by atoms with Gasteiger partial charge in [0, 0.05) is 11.6 Å². The molecular formula is C12H16Cl2N2O2. The van der Waals surface area contributed by atoms with Gasteiger partial charge in [0.05, 0.1) is 16.4 Å². The maximum atomic E-state index is 11.6. The minimum absolute atomic E-state index is 0.0312. The zero-order chi connectivity index (χ0) is 13.7. The maximum absolute atomic E-state index is 11.6. The van der Waals surface area contributed by atoms with E-state index in [9.17, 15) is 4.79 Å². The molecule has 3 N–H and O–H groups in total. The molecule has 0 unspecified atom stereocenters. The van der Waals surface area contributed by atoms with Gasteiger partial charge in [-0.15, -0.1) is 0 Å². The average Bonchev–Trinajstić information content (AvgIpc) is 2.22. The van der Waals surface area contributed by atoms with E-state index in [2.05, 4.69) is 5.32 Å². The molecule has 0 radical (unpaired) electrons. The summed E-state index contributed by atoms with van der Waals surface area (Å²) in [4.78, 5) is 11.6. The number of halogens is 2. The van der Waals surface area contributed by atoms with E-state index in [4.69, 9.17) is 33.7 Å². The second-order valence-corrected chi connectivity index (χ2v) is 5.15. The van der Waals surface area contributed by atoms with E-state index in [1.807, 2.05) is 13.8 Å². The number of carbonyl (C=O) groups is 1. The molecule has 0 fully saturated rings. The van der Waals surface area contributed by atoms with Crippen LogP contribution in [0.2, 0.25) is 10.0 Å². The average molecular weight is 291 g/mol. The van der Waals surface area contributed by atoms with Crippen molar-refractivity contribution in [2.75, 3.05) is 24.3 Å². The molecule has 0 saturated carbocycles. The Morgan fingerprint density at radius 2 is 2.11 bits per heavy atom. The molecule has 0 aliphatic carbocycles. The molecule has 6 heteroatoms. The van der Waals surface area contributed by atoms with Gasteiger partial charge in [0.25, 0.3) is 0 Å². The van der Waals surface area contributed by atoms with Gasteiger partial charge in [-0.3, -0.25) is 4.79 Å². The third-order valence-corrected chi connectivity index (χ3v) is 2.55. The van der Waals surface area contributed by atoms with E-state index < -0.39 is 0 Å². The van der Waals surface area contributed by atoms with Crippen molar-refractivity contribution < 1.29 is 9.53 Å². The number of ether oxygens (including phenoxy) is 1. The Morgan fingerprint density at radius 3 is 2.67 bits per heavy atom. The summed E-state index contributed by atoms with van der Waals surface area (Å²) in [5, 5.41) is 3.33. The monoisotopic (exact) mass is 290 g/mol. The van der Waals surface area contributed by atoms with Gasteiger partial charge >= 0.3 is 0 Å². The first-order chi connectivity index (χ1) is 8.40. The van der Waals surface area contributed by atoms with Crippen molar-refractivity contribution in [1.82, 2.24) is 0 Å². The van der Waals surface area contributed by atoms with Gasteiger partial charge in [-0.05, 0) is 18.1 Å². The summed E-state index contributed by atoms with van der Waals surface area (Å²) in [5.74, 6) is 0.0774. The molecule has 0 spiro atoms. The number of hydrogen-bond donors (Lipinski definition) is 2. The van der Waals surface area contributed by atoms with Crippen molar-refractivity contribution in [1.29, 1.82) is 0 Å². The van der Waals surface area contributed by atoms with Crippen molar-refractivity contribution in [3.05, 3.63) is 22.2 Å². The van der Waals surface area contributed by atoms with Gasteiger partial charge in [-0.1, -0.05) is 37.0 Å². The summed E-state index contributed by atoms with van der Waals surface area (Å²) >= 11 is 11.7. The first-order valence-electron chi connectivity index (χ1n) is 5.52. The predicted molar refractivity (Wildman–Crippen MR) is 75.2 cm³/mol. The first kappa shape index (κ1) is 15.1. The van der Waals surface area contributed by atoms with Crippen LogP contribution in [0.3, 0.4) is 0 Å². The lowest BCUT2D eigenvalue weighted by molar-refractivity contribution is -0.120. The van der Waals surface area contributed by atoms with Gasteiger partial charge in [0.2, 0.25) is 5.91 Å². The fraction of sp³-hybridized carbons (Fsp3) is 0.417. The highest BCUT2D eigenvalue weighted by Gasteiger charge is 2.10. The lowest BCUT2D eigenvalue weighted by Gasteiger charge is -2.11. The standard InChI is InChI=1S/C12H16Cl2N2O2/c1-7(2)5-18-6-11(17)16-12-9(14)3-8(13)4-10(12)15/h3-4,7H,5-6,15H2,1-2H3,(H,16,17). The molecule has 0 aromatic heterocycles. The SMILES string of the molecule is CC(C)COCC(=O)Nc1c(N)cc(Cl)cc1Cl. The summed E-state index contributed by atoms with van der Waals surface area (Å²) in [6, 6.07) is 3.04. The van der Waals surface area contributed by atoms with Crippen molar-refractivity contribution in [3.8, 4) is 0 Å². The zero-order valence-corrected chi connectivity index (χ0v) is 11.8. The minimum atomic E-state index is -0.299. The summed E-state index contributed by atoms with van der Waals surface area (Å²) in [6.45, 7) is 4.51. The number of carbonyl (C=O) groups excluding carboxylic acids is 1. The fourth-order valence-electron chi connectivity index (χ4n) is 1.29. The molecule has 1 amide bonds.